The number of carbonyl (C=O) groups is 1. The van der Waals surface area contributed by atoms with Crippen molar-refractivity contribution in [1.29, 1.82) is 0 Å². The monoisotopic (exact) mass is 335 g/mol. The molecule has 0 saturated heterocycles. The van der Waals surface area contributed by atoms with E-state index in [1.807, 2.05) is 20.8 Å². The van der Waals surface area contributed by atoms with Gasteiger partial charge in [0.05, 0.1) is 7.11 Å². The van der Waals surface area contributed by atoms with E-state index in [1.54, 1.807) is 30.3 Å². The van der Waals surface area contributed by atoms with E-state index < -0.39 is 15.5 Å². The zero-order chi connectivity index (χ0) is 17.3. The summed E-state index contributed by atoms with van der Waals surface area (Å²) in [5.41, 5.74) is -0.0812. The van der Waals surface area contributed by atoms with Crippen molar-refractivity contribution >= 4 is 32.5 Å². The van der Waals surface area contributed by atoms with Gasteiger partial charge >= 0.3 is 0 Å². The highest BCUT2D eigenvalue weighted by atomic mass is 32.2. The van der Waals surface area contributed by atoms with Gasteiger partial charge in [-0.25, -0.2) is 0 Å². The van der Waals surface area contributed by atoms with Crippen LogP contribution in [-0.2, 0) is 19.1 Å². The lowest BCUT2D eigenvalue weighted by molar-refractivity contribution is -0.124. The second-order valence-corrected chi connectivity index (χ2v) is 7.65. The largest absolute Gasteiger partial charge is 0.325 e. The molecule has 0 aliphatic rings. The maximum atomic E-state index is 12.4. The number of rotatable bonds is 5. The quantitative estimate of drug-likeness (QED) is 0.848. The smallest absolute Gasteiger partial charge is 0.297 e. The summed E-state index contributed by atoms with van der Waals surface area (Å²) in [6.45, 7) is 5.63. The van der Waals surface area contributed by atoms with Crippen LogP contribution in [0.1, 0.15) is 27.2 Å². The number of hydrogen-bond donors (Lipinski definition) is 1. The van der Waals surface area contributed by atoms with Crippen molar-refractivity contribution in [3.63, 3.8) is 0 Å². The molecule has 124 valence electrons. The van der Waals surface area contributed by atoms with Gasteiger partial charge in [-0.2, -0.15) is 8.42 Å². The fraction of sp³-hybridized carbons (Fsp3) is 0.353. The lowest BCUT2D eigenvalue weighted by Crippen LogP contribution is -2.30. The molecule has 0 unspecified atom stereocenters. The van der Waals surface area contributed by atoms with Gasteiger partial charge in [0.2, 0.25) is 5.91 Å². The summed E-state index contributed by atoms with van der Waals surface area (Å²) < 4.78 is 29.0. The molecule has 6 heteroatoms. The number of hydrogen-bond acceptors (Lipinski definition) is 4. The second kappa shape index (κ2) is 6.29. The Morgan fingerprint density at radius 1 is 1.17 bits per heavy atom. The summed E-state index contributed by atoms with van der Waals surface area (Å²) in [5.74, 6) is -0.155. The molecular weight excluding hydrogens is 314 g/mol. The van der Waals surface area contributed by atoms with Crippen LogP contribution >= 0.6 is 0 Å². The number of carbonyl (C=O) groups excluding carboxylic acids is 1. The maximum absolute atomic E-state index is 12.4. The molecule has 2 aromatic carbocycles. The molecule has 0 aliphatic heterocycles. The second-order valence-electron chi connectivity index (χ2n) is 5.97. The Kier molecular flexibility index (Phi) is 4.77. The molecule has 0 saturated carbocycles. The van der Waals surface area contributed by atoms with Crippen molar-refractivity contribution in [1.82, 2.24) is 0 Å². The zero-order valence-electron chi connectivity index (χ0n) is 13.7. The highest BCUT2D eigenvalue weighted by molar-refractivity contribution is 7.87. The predicted octanol–water partition coefficient (Wildman–Crippen LogP) is 3.55. The lowest BCUT2D eigenvalue weighted by Gasteiger charge is -2.22. The van der Waals surface area contributed by atoms with Gasteiger partial charge in [-0.15, -0.1) is 0 Å². The summed E-state index contributed by atoms with van der Waals surface area (Å²) >= 11 is 0. The molecule has 5 nitrogen and oxygen atoms in total. The van der Waals surface area contributed by atoms with Crippen molar-refractivity contribution < 1.29 is 17.4 Å². The number of fused-ring (bicyclic) bond motifs is 1. The van der Waals surface area contributed by atoms with Crippen LogP contribution in [0.5, 0.6) is 0 Å². The van der Waals surface area contributed by atoms with Gasteiger partial charge in [-0.1, -0.05) is 45.0 Å². The fourth-order valence-electron chi connectivity index (χ4n) is 2.16. The molecule has 0 heterocycles. The summed E-state index contributed by atoms with van der Waals surface area (Å²) in [6, 6.07) is 10.2. The first-order valence-corrected chi connectivity index (χ1v) is 8.77. The van der Waals surface area contributed by atoms with Crippen molar-refractivity contribution in [3.05, 3.63) is 36.4 Å². The SMILES string of the molecule is CCC(C)(C)C(=O)Nc1cccc2cccc(S(=O)(=O)OC)c12. The average Bonchev–Trinajstić information content (AvgIpc) is 2.54. The summed E-state index contributed by atoms with van der Waals surface area (Å²) in [4.78, 5) is 12.5. The molecule has 0 atom stereocenters. The molecule has 0 aliphatic carbocycles. The van der Waals surface area contributed by atoms with E-state index in [-0.39, 0.29) is 10.8 Å². The molecule has 2 rings (SSSR count). The van der Waals surface area contributed by atoms with Crippen molar-refractivity contribution in [2.75, 3.05) is 12.4 Å². The van der Waals surface area contributed by atoms with Gasteiger partial charge in [0.25, 0.3) is 10.1 Å². The van der Waals surface area contributed by atoms with Crippen molar-refractivity contribution in [2.24, 2.45) is 5.41 Å². The van der Waals surface area contributed by atoms with Crippen molar-refractivity contribution in [2.45, 2.75) is 32.1 Å². The van der Waals surface area contributed by atoms with E-state index in [0.717, 1.165) is 12.5 Å². The lowest BCUT2D eigenvalue weighted by atomic mass is 9.89. The molecule has 0 spiro atoms. The van der Waals surface area contributed by atoms with E-state index in [1.165, 1.54) is 6.07 Å². The number of nitrogens with one attached hydrogen (secondary N) is 1. The average molecular weight is 335 g/mol. The highest BCUT2D eigenvalue weighted by Gasteiger charge is 2.27. The van der Waals surface area contributed by atoms with Gasteiger partial charge in [-0.05, 0) is 23.9 Å². The Labute approximate surface area is 136 Å². The minimum Gasteiger partial charge on any atom is -0.325 e. The standard InChI is InChI=1S/C17H21NO4S/c1-5-17(2,3)16(19)18-13-10-6-8-12-9-7-11-14(15(12)13)23(20,21)22-4/h6-11H,5H2,1-4H3,(H,18,19). The molecule has 1 amide bonds. The molecule has 23 heavy (non-hydrogen) atoms. The maximum Gasteiger partial charge on any atom is 0.297 e. The van der Waals surface area contributed by atoms with Crippen LogP contribution in [0.15, 0.2) is 41.3 Å². The first kappa shape index (κ1) is 17.4. The minimum absolute atomic E-state index is 0.0442. The Morgan fingerprint density at radius 2 is 1.78 bits per heavy atom. The Bertz CT molecular complexity index is 836. The van der Waals surface area contributed by atoms with Gasteiger partial charge in [0.1, 0.15) is 4.90 Å². The van der Waals surface area contributed by atoms with Crippen molar-refractivity contribution in [3.8, 4) is 0 Å². The Balaban J connectivity index is 2.64. The van der Waals surface area contributed by atoms with E-state index in [0.29, 0.717) is 17.5 Å². The molecule has 0 aromatic heterocycles. The molecule has 0 fully saturated rings. The Morgan fingerprint density at radius 3 is 2.35 bits per heavy atom. The molecule has 0 radical (unpaired) electrons. The van der Waals surface area contributed by atoms with Crippen LogP contribution in [0.25, 0.3) is 10.8 Å². The van der Waals surface area contributed by atoms with E-state index in [9.17, 15) is 13.2 Å². The van der Waals surface area contributed by atoms with Gasteiger partial charge < -0.3 is 5.32 Å². The predicted molar refractivity (Wildman–Crippen MR) is 90.8 cm³/mol. The van der Waals surface area contributed by atoms with Crippen LogP contribution in [0, 0.1) is 5.41 Å². The van der Waals surface area contributed by atoms with Crippen LogP contribution in [0.3, 0.4) is 0 Å². The van der Waals surface area contributed by atoms with Gasteiger partial charge in [0, 0.05) is 16.5 Å². The molecule has 1 N–H and O–H groups in total. The van der Waals surface area contributed by atoms with Gasteiger partial charge in [-0.3, -0.25) is 8.98 Å². The van der Waals surface area contributed by atoms with Crippen LogP contribution in [-0.4, -0.2) is 21.4 Å². The number of anilines is 1. The first-order chi connectivity index (χ1) is 10.7. The zero-order valence-corrected chi connectivity index (χ0v) is 14.5. The normalized spacial score (nSPS) is 12.3. The van der Waals surface area contributed by atoms with Gasteiger partial charge in [0.15, 0.2) is 0 Å². The Hall–Kier alpha value is -1.92. The summed E-state index contributed by atoms with van der Waals surface area (Å²) in [7, 11) is -2.75. The number of benzene rings is 2. The van der Waals surface area contributed by atoms with Crippen LogP contribution in [0.2, 0.25) is 0 Å². The molecule has 2 aromatic rings. The summed E-state index contributed by atoms with van der Waals surface area (Å²) in [6.07, 6.45) is 0.673. The third-order valence-electron chi connectivity index (χ3n) is 4.10. The van der Waals surface area contributed by atoms with E-state index in [2.05, 4.69) is 9.50 Å². The molecule has 0 bridgehead atoms. The third-order valence-corrected chi connectivity index (χ3v) is 5.42. The van der Waals surface area contributed by atoms with Crippen LogP contribution in [0.4, 0.5) is 5.69 Å². The minimum atomic E-state index is -3.88. The topological polar surface area (TPSA) is 72.5 Å². The molecular formula is C17H21NO4S. The fourth-order valence-corrected chi connectivity index (χ4v) is 3.06. The highest BCUT2D eigenvalue weighted by Crippen LogP contribution is 2.32. The number of amides is 1. The first-order valence-electron chi connectivity index (χ1n) is 7.37. The van der Waals surface area contributed by atoms with E-state index >= 15 is 0 Å². The summed E-state index contributed by atoms with van der Waals surface area (Å²) in [5, 5.41) is 4.03. The van der Waals surface area contributed by atoms with Crippen LogP contribution < -0.4 is 5.32 Å². The van der Waals surface area contributed by atoms with E-state index in [4.69, 9.17) is 0 Å². The third kappa shape index (κ3) is 3.38.